The summed E-state index contributed by atoms with van der Waals surface area (Å²) >= 11 is 0. The van der Waals surface area contributed by atoms with Crippen LogP contribution in [0.15, 0.2) is 72.2 Å². The molecule has 0 radical (unpaired) electrons. The maximum atomic E-state index is 13.7. The number of nitro groups is 1. The first-order chi connectivity index (χ1) is 19.3. The van der Waals surface area contributed by atoms with Crippen LogP contribution >= 0.6 is 0 Å². The number of methoxy groups -OCH3 is 3. The van der Waals surface area contributed by atoms with Crippen molar-refractivity contribution in [1.29, 1.82) is 0 Å². The van der Waals surface area contributed by atoms with Gasteiger partial charge in [-0.3, -0.25) is 19.9 Å². The average Bonchev–Trinajstić information content (AvgIpc) is 3.39. The van der Waals surface area contributed by atoms with E-state index in [0.29, 0.717) is 51.3 Å². The summed E-state index contributed by atoms with van der Waals surface area (Å²) in [7, 11) is 4.51. The van der Waals surface area contributed by atoms with Crippen molar-refractivity contribution in [3.8, 4) is 28.6 Å². The van der Waals surface area contributed by atoms with Gasteiger partial charge in [-0.15, -0.1) is 5.10 Å². The van der Waals surface area contributed by atoms with Crippen LogP contribution in [0.2, 0.25) is 0 Å². The first-order valence-corrected chi connectivity index (χ1v) is 12.0. The molecule has 4 aromatic rings. The average molecular weight is 544 g/mol. The predicted molar refractivity (Wildman–Crippen MR) is 146 cm³/mol. The minimum Gasteiger partial charge on any atom is -0.493 e. The number of hydrogen-bond donors (Lipinski definition) is 2. The lowest BCUT2D eigenvalue weighted by Gasteiger charge is -2.29. The van der Waals surface area contributed by atoms with Crippen molar-refractivity contribution in [2.75, 3.05) is 32.0 Å². The highest BCUT2D eigenvalue weighted by atomic mass is 16.6. The molecular formula is C27H25N7O6. The molecule has 1 aliphatic rings. The number of carbonyl (C=O) groups excluding carboxylic acids is 1. The molecule has 1 atom stereocenters. The van der Waals surface area contributed by atoms with Gasteiger partial charge in [-0.25, -0.2) is 4.68 Å². The molecule has 13 nitrogen and oxygen atoms in total. The molecule has 1 unspecified atom stereocenters. The van der Waals surface area contributed by atoms with Gasteiger partial charge in [-0.05, 0) is 36.8 Å². The highest BCUT2D eigenvalue weighted by Gasteiger charge is 2.36. The van der Waals surface area contributed by atoms with Crippen LogP contribution in [0.5, 0.6) is 17.2 Å². The van der Waals surface area contributed by atoms with Crippen molar-refractivity contribution in [1.82, 2.24) is 19.7 Å². The van der Waals surface area contributed by atoms with Crippen LogP contribution < -0.4 is 24.8 Å². The van der Waals surface area contributed by atoms with E-state index in [1.807, 2.05) is 0 Å². The van der Waals surface area contributed by atoms with Crippen LogP contribution in [0.1, 0.15) is 18.5 Å². The quantitative estimate of drug-likeness (QED) is 0.244. The van der Waals surface area contributed by atoms with Crippen LogP contribution in [0.4, 0.5) is 17.3 Å². The number of amides is 1. The molecular weight excluding hydrogens is 518 g/mol. The number of benzene rings is 2. The van der Waals surface area contributed by atoms with Crippen LogP contribution in [0.25, 0.3) is 11.4 Å². The van der Waals surface area contributed by atoms with E-state index < -0.39 is 16.9 Å². The number of non-ortho nitro benzene ring substituents is 1. The van der Waals surface area contributed by atoms with Crippen molar-refractivity contribution in [2.24, 2.45) is 0 Å². The number of nitro benzene ring substituents is 1. The Balaban J connectivity index is 1.68. The summed E-state index contributed by atoms with van der Waals surface area (Å²) in [6.45, 7) is 1.76. The van der Waals surface area contributed by atoms with Crippen LogP contribution in [0, 0.1) is 10.1 Å². The van der Waals surface area contributed by atoms with Gasteiger partial charge in [0.15, 0.2) is 17.3 Å². The molecule has 40 heavy (non-hydrogen) atoms. The molecule has 5 rings (SSSR count). The normalized spacial score (nSPS) is 14.2. The number of allylic oxidation sites excluding steroid dienone is 1. The largest absolute Gasteiger partial charge is 0.493 e. The van der Waals surface area contributed by atoms with Crippen LogP contribution in [-0.4, -0.2) is 51.9 Å². The highest BCUT2D eigenvalue weighted by Crippen LogP contribution is 2.44. The van der Waals surface area contributed by atoms with E-state index in [0.717, 1.165) is 0 Å². The summed E-state index contributed by atoms with van der Waals surface area (Å²) in [4.78, 5) is 33.3. The van der Waals surface area contributed by atoms with E-state index in [4.69, 9.17) is 14.2 Å². The number of nitrogens with one attached hydrogen (secondary N) is 2. The Morgan fingerprint density at radius 2 is 1.82 bits per heavy atom. The maximum absolute atomic E-state index is 13.7. The topological polar surface area (TPSA) is 156 Å². The van der Waals surface area contributed by atoms with E-state index in [1.165, 1.54) is 33.5 Å². The van der Waals surface area contributed by atoms with Gasteiger partial charge in [0, 0.05) is 29.6 Å². The summed E-state index contributed by atoms with van der Waals surface area (Å²) in [5.41, 5.74) is 2.35. The third-order valence-electron chi connectivity index (χ3n) is 6.33. The number of hydrogen-bond acceptors (Lipinski definition) is 10. The lowest BCUT2D eigenvalue weighted by molar-refractivity contribution is -0.384. The molecule has 0 spiro atoms. The van der Waals surface area contributed by atoms with Crippen molar-refractivity contribution in [3.63, 3.8) is 0 Å². The number of rotatable bonds is 8. The lowest BCUT2D eigenvalue weighted by atomic mass is 9.94. The Labute approximate surface area is 228 Å². The minimum absolute atomic E-state index is 0.0924. The van der Waals surface area contributed by atoms with E-state index in [1.54, 1.807) is 60.4 Å². The highest BCUT2D eigenvalue weighted by molar-refractivity contribution is 6.06. The predicted octanol–water partition coefficient (Wildman–Crippen LogP) is 4.20. The number of pyridine rings is 1. The molecule has 13 heteroatoms. The molecule has 0 saturated carbocycles. The first-order valence-electron chi connectivity index (χ1n) is 12.0. The van der Waals surface area contributed by atoms with Crippen molar-refractivity contribution >= 4 is 23.2 Å². The van der Waals surface area contributed by atoms with Gasteiger partial charge in [0.05, 0.1) is 43.7 Å². The second-order valence-corrected chi connectivity index (χ2v) is 8.73. The fourth-order valence-electron chi connectivity index (χ4n) is 4.53. The van der Waals surface area contributed by atoms with Gasteiger partial charge < -0.3 is 24.8 Å². The standard InChI is InChI=1S/C27H25N7O6/c1-15-22(26(35)30-18-8-6-10-28-14-18)23(17-12-20(38-2)24(40-4)21(13-17)39-3)33-27(29-15)31-25(32-33)16-7-5-9-19(11-16)34(36)37/h5-14,23H,1-4H3,(H,30,35)(H,29,31,32). The van der Waals surface area contributed by atoms with Gasteiger partial charge in [0.1, 0.15) is 6.04 Å². The number of fused-ring (bicyclic) bond motifs is 1. The van der Waals surface area contributed by atoms with Gasteiger partial charge in [0.25, 0.3) is 11.6 Å². The van der Waals surface area contributed by atoms with Crippen molar-refractivity contribution in [2.45, 2.75) is 13.0 Å². The molecule has 0 saturated heterocycles. The summed E-state index contributed by atoms with van der Waals surface area (Å²) < 4.78 is 18.2. The molecule has 2 aromatic heterocycles. The number of nitrogens with zero attached hydrogens (tertiary/aromatic N) is 5. The van der Waals surface area contributed by atoms with Crippen molar-refractivity contribution in [3.05, 3.63) is 87.9 Å². The Bertz CT molecular complexity index is 1610. The number of aromatic nitrogens is 4. The Hall–Kier alpha value is -5.46. The Morgan fingerprint density at radius 3 is 2.45 bits per heavy atom. The minimum atomic E-state index is -0.790. The summed E-state index contributed by atoms with van der Waals surface area (Å²) in [6.07, 6.45) is 3.15. The Morgan fingerprint density at radius 1 is 1.07 bits per heavy atom. The smallest absolute Gasteiger partial charge is 0.270 e. The second kappa shape index (κ2) is 10.7. The molecule has 3 heterocycles. The van der Waals surface area contributed by atoms with E-state index in [9.17, 15) is 14.9 Å². The number of carbonyl (C=O) groups is 1. The molecule has 2 N–H and O–H groups in total. The molecule has 204 valence electrons. The van der Waals surface area contributed by atoms with E-state index in [2.05, 4.69) is 25.7 Å². The maximum Gasteiger partial charge on any atom is 0.270 e. The SMILES string of the molecule is COc1cc(C2C(C(=O)Nc3cccnc3)=C(C)Nc3nc(-c4cccc([N+](=O)[O-])c4)nn32)cc(OC)c1OC. The first kappa shape index (κ1) is 26.2. The molecule has 1 aliphatic heterocycles. The second-order valence-electron chi connectivity index (χ2n) is 8.73. The summed E-state index contributed by atoms with van der Waals surface area (Å²) in [5, 5.41) is 22.1. The lowest BCUT2D eigenvalue weighted by Crippen LogP contribution is -2.31. The summed E-state index contributed by atoms with van der Waals surface area (Å²) in [5.74, 6) is 1.36. The molecule has 0 fully saturated rings. The monoisotopic (exact) mass is 543 g/mol. The summed E-state index contributed by atoms with van der Waals surface area (Å²) in [6, 6.07) is 12.2. The zero-order valence-corrected chi connectivity index (χ0v) is 22.0. The molecule has 0 bridgehead atoms. The third-order valence-corrected chi connectivity index (χ3v) is 6.33. The van der Waals surface area contributed by atoms with Crippen LogP contribution in [0.3, 0.4) is 0 Å². The molecule has 0 aliphatic carbocycles. The van der Waals surface area contributed by atoms with Gasteiger partial charge in [-0.2, -0.15) is 4.98 Å². The molecule has 2 aromatic carbocycles. The third kappa shape index (κ3) is 4.75. The van der Waals surface area contributed by atoms with Crippen molar-refractivity contribution < 1.29 is 23.9 Å². The van der Waals surface area contributed by atoms with Gasteiger partial charge in [0.2, 0.25) is 11.7 Å². The zero-order chi connectivity index (χ0) is 28.4. The zero-order valence-electron chi connectivity index (χ0n) is 22.0. The number of ether oxygens (including phenoxy) is 3. The van der Waals surface area contributed by atoms with E-state index >= 15 is 0 Å². The fourth-order valence-corrected chi connectivity index (χ4v) is 4.53. The van der Waals surface area contributed by atoms with E-state index in [-0.39, 0.29) is 11.5 Å². The van der Waals surface area contributed by atoms with Gasteiger partial charge in [-0.1, -0.05) is 12.1 Å². The molecule has 1 amide bonds. The van der Waals surface area contributed by atoms with Crippen LogP contribution in [-0.2, 0) is 4.79 Å². The number of anilines is 2. The fraction of sp³-hybridized carbons (Fsp3) is 0.185. The Kier molecular flexibility index (Phi) is 7.01. The van der Waals surface area contributed by atoms with Gasteiger partial charge >= 0.3 is 0 Å².